The second-order valence-electron chi connectivity index (χ2n) is 8.86. The molecule has 0 saturated carbocycles. The van der Waals surface area contributed by atoms with Gasteiger partial charge in [0.15, 0.2) is 0 Å². The van der Waals surface area contributed by atoms with Crippen molar-refractivity contribution in [3.63, 3.8) is 0 Å². The van der Waals surface area contributed by atoms with E-state index in [-0.39, 0.29) is 5.41 Å². The van der Waals surface area contributed by atoms with Crippen LogP contribution in [0.4, 0.5) is 0 Å². The molecule has 5 heteroatoms. The third kappa shape index (κ3) is 4.03. The second-order valence-corrected chi connectivity index (χ2v) is 8.86. The third-order valence-electron chi connectivity index (χ3n) is 5.94. The average molecular weight is 405 g/mol. The fourth-order valence-electron chi connectivity index (χ4n) is 4.36. The van der Waals surface area contributed by atoms with Crippen molar-refractivity contribution in [1.82, 2.24) is 9.78 Å². The molecule has 0 unspecified atom stereocenters. The number of rotatable bonds is 6. The summed E-state index contributed by atoms with van der Waals surface area (Å²) in [7, 11) is 1.70. The number of fused-ring (bicyclic) bond motifs is 1. The Kier molecular flexibility index (Phi) is 5.48. The zero-order chi connectivity index (χ0) is 21.3. The molecule has 0 amide bonds. The lowest BCUT2D eigenvalue weighted by Gasteiger charge is -2.28. The van der Waals surface area contributed by atoms with Crippen molar-refractivity contribution in [3.05, 3.63) is 76.6 Å². The largest absolute Gasteiger partial charge is 0.477 e. The number of carbonyl (C=O) groups is 1. The average Bonchev–Trinajstić information content (AvgIpc) is 3.05. The molecular formula is C25H28N2O3. The molecule has 5 nitrogen and oxygen atoms in total. The SMILES string of the molecule is COCc1ccccc1-c1ccc(Cn2nc3c(c2C(=O)O)CC(C)(C)CC3)cc1. The van der Waals surface area contributed by atoms with Crippen LogP contribution in [-0.2, 0) is 30.7 Å². The van der Waals surface area contributed by atoms with Gasteiger partial charge in [-0.2, -0.15) is 5.10 Å². The summed E-state index contributed by atoms with van der Waals surface area (Å²) in [5.74, 6) is -0.897. The van der Waals surface area contributed by atoms with Crippen LogP contribution in [0.1, 0.15) is 53.1 Å². The minimum atomic E-state index is -0.897. The van der Waals surface area contributed by atoms with Crippen molar-refractivity contribution < 1.29 is 14.6 Å². The Balaban J connectivity index is 1.62. The summed E-state index contributed by atoms with van der Waals surface area (Å²) < 4.78 is 6.98. The van der Waals surface area contributed by atoms with Crippen LogP contribution in [0.25, 0.3) is 11.1 Å². The molecule has 1 aliphatic rings. The molecule has 30 heavy (non-hydrogen) atoms. The molecule has 0 spiro atoms. The maximum atomic E-state index is 12.0. The van der Waals surface area contributed by atoms with Gasteiger partial charge in [0.2, 0.25) is 0 Å². The Morgan fingerprint density at radius 3 is 2.60 bits per heavy atom. The predicted molar refractivity (Wildman–Crippen MR) is 117 cm³/mol. The van der Waals surface area contributed by atoms with Crippen molar-refractivity contribution in [2.45, 2.75) is 46.3 Å². The highest BCUT2D eigenvalue weighted by Crippen LogP contribution is 2.36. The van der Waals surface area contributed by atoms with E-state index in [0.717, 1.165) is 52.8 Å². The maximum Gasteiger partial charge on any atom is 0.354 e. The Morgan fingerprint density at radius 1 is 1.17 bits per heavy atom. The van der Waals surface area contributed by atoms with E-state index in [4.69, 9.17) is 4.74 Å². The quantitative estimate of drug-likeness (QED) is 0.631. The van der Waals surface area contributed by atoms with Crippen LogP contribution in [0.2, 0.25) is 0 Å². The summed E-state index contributed by atoms with van der Waals surface area (Å²) in [5.41, 5.74) is 6.74. The molecule has 0 radical (unpaired) electrons. The van der Waals surface area contributed by atoms with Crippen LogP contribution in [0, 0.1) is 5.41 Å². The van der Waals surface area contributed by atoms with E-state index in [1.165, 1.54) is 0 Å². The van der Waals surface area contributed by atoms with Gasteiger partial charge in [-0.15, -0.1) is 0 Å². The van der Waals surface area contributed by atoms with Crippen molar-refractivity contribution >= 4 is 5.97 Å². The molecule has 4 rings (SSSR count). The lowest BCUT2D eigenvalue weighted by molar-refractivity contribution is 0.0682. The van der Waals surface area contributed by atoms with Crippen LogP contribution in [0.5, 0.6) is 0 Å². The normalized spacial score (nSPS) is 15.0. The van der Waals surface area contributed by atoms with Crippen molar-refractivity contribution in [3.8, 4) is 11.1 Å². The minimum absolute atomic E-state index is 0.113. The van der Waals surface area contributed by atoms with Crippen LogP contribution in [0.3, 0.4) is 0 Å². The zero-order valence-corrected chi connectivity index (χ0v) is 17.8. The fourth-order valence-corrected chi connectivity index (χ4v) is 4.36. The summed E-state index contributed by atoms with van der Waals surface area (Å²) >= 11 is 0. The summed E-state index contributed by atoms with van der Waals surface area (Å²) in [6, 6.07) is 16.5. The molecular weight excluding hydrogens is 376 g/mol. The van der Waals surface area contributed by atoms with E-state index in [1.807, 2.05) is 12.1 Å². The van der Waals surface area contributed by atoms with Crippen molar-refractivity contribution in [2.75, 3.05) is 7.11 Å². The highest BCUT2D eigenvalue weighted by Gasteiger charge is 2.32. The first kappa shape index (κ1) is 20.4. The van der Waals surface area contributed by atoms with Gasteiger partial charge in [-0.3, -0.25) is 4.68 Å². The van der Waals surface area contributed by atoms with Gasteiger partial charge in [-0.05, 0) is 46.9 Å². The smallest absolute Gasteiger partial charge is 0.354 e. The van der Waals surface area contributed by atoms with E-state index in [9.17, 15) is 9.90 Å². The number of aromatic nitrogens is 2. The van der Waals surface area contributed by atoms with Gasteiger partial charge in [0.1, 0.15) is 5.69 Å². The molecule has 3 aromatic rings. The van der Waals surface area contributed by atoms with Gasteiger partial charge >= 0.3 is 5.97 Å². The summed E-state index contributed by atoms with van der Waals surface area (Å²) in [4.78, 5) is 12.0. The number of methoxy groups -OCH3 is 1. The Hall–Kier alpha value is -2.92. The number of ether oxygens (including phenoxy) is 1. The van der Waals surface area contributed by atoms with Gasteiger partial charge < -0.3 is 9.84 Å². The van der Waals surface area contributed by atoms with Crippen molar-refractivity contribution in [1.29, 1.82) is 0 Å². The molecule has 0 aliphatic heterocycles. The molecule has 0 atom stereocenters. The summed E-state index contributed by atoms with van der Waals surface area (Å²) in [6.07, 6.45) is 2.63. The molecule has 0 bridgehead atoms. The monoisotopic (exact) mass is 404 g/mol. The first-order valence-electron chi connectivity index (χ1n) is 10.4. The molecule has 1 aromatic heterocycles. The molecule has 0 fully saturated rings. The lowest BCUT2D eigenvalue weighted by atomic mass is 9.76. The number of hydrogen-bond donors (Lipinski definition) is 1. The third-order valence-corrected chi connectivity index (χ3v) is 5.94. The van der Waals surface area contributed by atoms with Crippen LogP contribution in [0.15, 0.2) is 48.5 Å². The van der Waals surface area contributed by atoms with Crippen LogP contribution in [-0.4, -0.2) is 28.0 Å². The number of nitrogens with zero attached hydrogens (tertiary/aromatic N) is 2. The number of hydrogen-bond acceptors (Lipinski definition) is 3. The zero-order valence-electron chi connectivity index (χ0n) is 17.8. The maximum absolute atomic E-state index is 12.0. The van der Waals surface area contributed by atoms with Crippen LogP contribution >= 0.6 is 0 Å². The number of carboxylic acids is 1. The predicted octanol–water partition coefficient (Wildman–Crippen LogP) is 4.96. The van der Waals surface area contributed by atoms with E-state index >= 15 is 0 Å². The Labute approximate surface area is 177 Å². The standard InChI is InChI=1S/C25H28N2O3/c1-25(2)13-12-22-21(14-25)23(24(28)29)27(26-22)15-17-8-10-18(11-9-17)20-7-5-4-6-19(20)16-30-3/h4-11H,12-16H2,1-3H3,(H,28,29). The van der Waals surface area contributed by atoms with E-state index in [2.05, 4.69) is 55.3 Å². The van der Waals surface area contributed by atoms with Gasteiger partial charge in [-0.25, -0.2) is 4.79 Å². The van der Waals surface area contributed by atoms with Crippen LogP contribution < -0.4 is 0 Å². The first-order chi connectivity index (χ1) is 14.4. The summed E-state index contributed by atoms with van der Waals surface area (Å²) in [6.45, 7) is 5.41. The van der Waals surface area contributed by atoms with Gasteiger partial charge in [0, 0.05) is 12.7 Å². The van der Waals surface area contributed by atoms with E-state index < -0.39 is 5.97 Å². The first-order valence-corrected chi connectivity index (χ1v) is 10.4. The minimum Gasteiger partial charge on any atom is -0.477 e. The van der Waals surface area contributed by atoms with Crippen molar-refractivity contribution in [2.24, 2.45) is 5.41 Å². The molecule has 1 N–H and O–H groups in total. The topological polar surface area (TPSA) is 64.4 Å². The number of carboxylic acid groups (broad SMARTS) is 1. The number of benzene rings is 2. The molecule has 2 aromatic carbocycles. The molecule has 156 valence electrons. The van der Waals surface area contributed by atoms with Gasteiger partial charge in [0.25, 0.3) is 0 Å². The second kappa shape index (κ2) is 8.07. The van der Waals surface area contributed by atoms with E-state index in [0.29, 0.717) is 18.8 Å². The van der Waals surface area contributed by atoms with E-state index in [1.54, 1.807) is 11.8 Å². The molecule has 1 aliphatic carbocycles. The lowest BCUT2D eigenvalue weighted by Crippen LogP contribution is -2.23. The Bertz CT molecular complexity index is 1060. The Morgan fingerprint density at radius 2 is 1.90 bits per heavy atom. The number of aryl methyl sites for hydroxylation is 1. The molecule has 1 heterocycles. The highest BCUT2D eigenvalue weighted by molar-refractivity contribution is 5.88. The number of aromatic carboxylic acids is 1. The summed E-state index contributed by atoms with van der Waals surface area (Å²) in [5, 5.41) is 14.5. The fraction of sp³-hybridized carbons (Fsp3) is 0.360. The molecule has 0 saturated heterocycles. The van der Waals surface area contributed by atoms with Gasteiger partial charge in [0.05, 0.1) is 18.8 Å². The highest BCUT2D eigenvalue weighted by atomic mass is 16.5. The van der Waals surface area contributed by atoms with Gasteiger partial charge in [-0.1, -0.05) is 62.4 Å².